The Balaban J connectivity index is 1.40. The Morgan fingerprint density at radius 1 is 1.07 bits per heavy atom. The molecule has 0 spiro atoms. The third-order valence-corrected chi connectivity index (χ3v) is 5.80. The molecule has 1 aromatic heterocycles. The molecule has 0 amide bonds. The molecule has 30 heavy (non-hydrogen) atoms. The molecule has 0 N–H and O–H groups in total. The van der Waals surface area contributed by atoms with E-state index in [0.717, 1.165) is 31.9 Å². The number of aromatic nitrogens is 2. The lowest BCUT2D eigenvalue weighted by Crippen LogP contribution is -2.47. The van der Waals surface area contributed by atoms with Gasteiger partial charge in [0.05, 0.1) is 21.6 Å². The summed E-state index contributed by atoms with van der Waals surface area (Å²) in [5.74, 6) is 0.892. The Labute approximate surface area is 183 Å². The van der Waals surface area contributed by atoms with Crippen molar-refractivity contribution in [3.63, 3.8) is 0 Å². The van der Waals surface area contributed by atoms with Gasteiger partial charge in [-0.3, -0.25) is 15.0 Å². The standard InChI is InChI=1S/C20H19Cl2N5O3/c1-13(19-23-24-20(30-19)17-7-2-14(21)12-18(17)22)25-8-10-26(11-9-25)15-3-5-16(6-4-15)27(28)29/h2-7,12-13H,8-11H2,1H3. The van der Waals surface area contributed by atoms with Gasteiger partial charge in [-0.1, -0.05) is 23.2 Å². The zero-order valence-electron chi connectivity index (χ0n) is 16.2. The molecular formula is C20H19Cl2N5O3. The van der Waals surface area contributed by atoms with Crippen LogP contribution in [0.2, 0.25) is 10.0 Å². The molecule has 2 heterocycles. The Kier molecular flexibility index (Phi) is 5.90. The largest absolute Gasteiger partial charge is 0.419 e. The molecule has 2 aromatic carbocycles. The van der Waals surface area contributed by atoms with Gasteiger partial charge >= 0.3 is 0 Å². The summed E-state index contributed by atoms with van der Waals surface area (Å²) in [5, 5.41) is 20.2. The van der Waals surface area contributed by atoms with E-state index < -0.39 is 0 Å². The van der Waals surface area contributed by atoms with Gasteiger partial charge in [-0.25, -0.2) is 0 Å². The van der Waals surface area contributed by atoms with Crippen LogP contribution >= 0.6 is 23.2 Å². The molecule has 1 fully saturated rings. The fraction of sp³-hybridized carbons (Fsp3) is 0.300. The second kappa shape index (κ2) is 8.59. The van der Waals surface area contributed by atoms with Crippen molar-refractivity contribution < 1.29 is 9.34 Å². The molecular weight excluding hydrogens is 429 g/mol. The Morgan fingerprint density at radius 2 is 1.77 bits per heavy atom. The second-order valence-electron chi connectivity index (χ2n) is 7.04. The third kappa shape index (κ3) is 4.26. The van der Waals surface area contributed by atoms with E-state index in [1.54, 1.807) is 30.3 Å². The summed E-state index contributed by atoms with van der Waals surface area (Å²) in [6, 6.07) is 11.7. The van der Waals surface area contributed by atoms with Gasteiger partial charge in [0.25, 0.3) is 5.69 Å². The molecule has 4 rings (SSSR count). The fourth-order valence-corrected chi connectivity index (χ4v) is 3.97. The average Bonchev–Trinajstić information content (AvgIpc) is 3.23. The maximum atomic E-state index is 10.8. The molecule has 0 aliphatic carbocycles. The van der Waals surface area contributed by atoms with Crippen LogP contribution in [0.1, 0.15) is 18.9 Å². The number of hydrogen-bond acceptors (Lipinski definition) is 7. The molecule has 156 valence electrons. The van der Waals surface area contributed by atoms with Gasteiger partial charge in [0, 0.05) is 49.0 Å². The molecule has 10 heteroatoms. The average molecular weight is 448 g/mol. The molecule has 8 nitrogen and oxygen atoms in total. The fourth-order valence-electron chi connectivity index (χ4n) is 3.48. The van der Waals surface area contributed by atoms with E-state index in [0.29, 0.717) is 27.4 Å². The molecule has 0 radical (unpaired) electrons. The number of hydrogen-bond donors (Lipinski definition) is 0. The van der Waals surface area contributed by atoms with Gasteiger partial charge in [0.2, 0.25) is 11.8 Å². The number of nitro benzene ring substituents is 1. The second-order valence-corrected chi connectivity index (χ2v) is 7.89. The van der Waals surface area contributed by atoms with Crippen LogP contribution in [0.4, 0.5) is 11.4 Å². The molecule has 3 aromatic rings. The smallest absolute Gasteiger partial charge is 0.269 e. The van der Waals surface area contributed by atoms with Gasteiger partial charge < -0.3 is 9.32 Å². The molecule has 0 bridgehead atoms. The van der Waals surface area contributed by atoms with Crippen LogP contribution in [0, 0.1) is 10.1 Å². The zero-order valence-corrected chi connectivity index (χ0v) is 17.7. The van der Waals surface area contributed by atoms with Gasteiger partial charge in [-0.15, -0.1) is 10.2 Å². The molecule has 1 aliphatic heterocycles. The number of nitrogens with zero attached hydrogens (tertiary/aromatic N) is 5. The van der Waals surface area contributed by atoms with Crippen LogP contribution in [0.25, 0.3) is 11.5 Å². The van der Waals surface area contributed by atoms with Crippen LogP contribution in [0.3, 0.4) is 0 Å². The highest BCUT2D eigenvalue weighted by molar-refractivity contribution is 6.36. The maximum Gasteiger partial charge on any atom is 0.269 e. The van der Waals surface area contributed by atoms with Gasteiger partial charge in [-0.05, 0) is 37.3 Å². The zero-order chi connectivity index (χ0) is 21.3. The summed E-state index contributed by atoms with van der Waals surface area (Å²) in [6.07, 6.45) is 0. The number of nitro groups is 1. The maximum absolute atomic E-state index is 10.8. The first-order chi connectivity index (χ1) is 14.4. The molecule has 0 saturated carbocycles. The SMILES string of the molecule is CC(c1nnc(-c2ccc(Cl)cc2Cl)o1)N1CCN(c2ccc([N+](=O)[O-])cc2)CC1. The lowest BCUT2D eigenvalue weighted by atomic mass is 10.2. The highest BCUT2D eigenvalue weighted by atomic mass is 35.5. The van der Waals surface area contributed by atoms with Gasteiger partial charge in [0.15, 0.2) is 0 Å². The van der Waals surface area contributed by atoms with E-state index in [9.17, 15) is 10.1 Å². The van der Waals surface area contributed by atoms with E-state index in [4.69, 9.17) is 27.6 Å². The Hall–Kier alpha value is -2.68. The topological polar surface area (TPSA) is 88.5 Å². The lowest BCUT2D eigenvalue weighted by Gasteiger charge is -2.38. The number of piperazine rings is 1. The quantitative estimate of drug-likeness (QED) is 0.408. The number of anilines is 1. The van der Waals surface area contributed by atoms with Crippen LogP contribution in [-0.2, 0) is 0 Å². The summed E-state index contributed by atoms with van der Waals surface area (Å²) in [4.78, 5) is 14.9. The lowest BCUT2D eigenvalue weighted by molar-refractivity contribution is -0.384. The van der Waals surface area contributed by atoms with Gasteiger partial charge in [-0.2, -0.15) is 0 Å². The molecule has 1 saturated heterocycles. The van der Waals surface area contributed by atoms with Crippen molar-refractivity contribution in [1.29, 1.82) is 0 Å². The predicted molar refractivity (Wildman–Crippen MR) is 115 cm³/mol. The van der Waals surface area contributed by atoms with E-state index in [1.165, 1.54) is 12.1 Å². The first-order valence-corrected chi connectivity index (χ1v) is 10.2. The number of rotatable bonds is 5. The molecule has 1 atom stereocenters. The van der Waals surface area contributed by atoms with Crippen LogP contribution in [0.5, 0.6) is 0 Å². The minimum absolute atomic E-state index is 0.0451. The minimum atomic E-state index is -0.390. The minimum Gasteiger partial charge on any atom is -0.419 e. The first kappa shape index (κ1) is 20.6. The summed E-state index contributed by atoms with van der Waals surface area (Å²) in [6.45, 7) is 5.23. The van der Waals surface area contributed by atoms with Crippen LogP contribution in [-0.4, -0.2) is 46.2 Å². The van der Waals surface area contributed by atoms with E-state index >= 15 is 0 Å². The van der Waals surface area contributed by atoms with E-state index in [1.807, 2.05) is 6.92 Å². The number of halogens is 2. The van der Waals surface area contributed by atoms with Crippen LogP contribution < -0.4 is 4.90 Å². The summed E-state index contributed by atoms with van der Waals surface area (Å²) in [5.41, 5.74) is 1.72. The van der Waals surface area contributed by atoms with Crippen molar-refractivity contribution in [1.82, 2.24) is 15.1 Å². The summed E-state index contributed by atoms with van der Waals surface area (Å²) < 4.78 is 5.88. The first-order valence-electron chi connectivity index (χ1n) is 9.44. The van der Waals surface area contributed by atoms with Crippen molar-refractivity contribution in [2.45, 2.75) is 13.0 Å². The van der Waals surface area contributed by atoms with Crippen molar-refractivity contribution >= 4 is 34.6 Å². The van der Waals surface area contributed by atoms with Crippen molar-refractivity contribution in [2.24, 2.45) is 0 Å². The van der Waals surface area contributed by atoms with Crippen molar-refractivity contribution in [3.05, 3.63) is 68.5 Å². The van der Waals surface area contributed by atoms with Crippen molar-refractivity contribution in [3.8, 4) is 11.5 Å². The number of benzene rings is 2. The Bertz CT molecular complexity index is 1050. The molecule has 1 unspecified atom stereocenters. The predicted octanol–water partition coefficient (Wildman–Crippen LogP) is 4.83. The van der Waals surface area contributed by atoms with Crippen LogP contribution in [0.15, 0.2) is 46.9 Å². The van der Waals surface area contributed by atoms with Crippen molar-refractivity contribution in [2.75, 3.05) is 31.1 Å². The highest BCUT2D eigenvalue weighted by Crippen LogP contribution is 2.31. The number of non-ortho nitro benzene ring substituents is 1. The monoisotopic (exact) mass is 447 g/mol. The summed E-state index contributed by atoms with van der Waals surface area (Å²) >= 11 is 12.2. The summed E-state index contributed by atoms with van der Waals surface area (Å²) in [7, 11) is 0. The Morgan fingerprint density at radius 3 is 2.40 bits per heavy atom. The van der Waals surface area contributed by atoms with E-state index in [-0.39, 0.29) is 16.7 Å². The third-order valence-electron chi connectivity index (χ3n) is 5.25. The normalized spacial score (nSPS) is 15.9. The van der Waals surface area contributed by atoms with Gasteiger partial charge in [0.1, 0.15) is 0 Å². The molecule has 1 aliphatic rings. The highest BCUT2D eigenvalue weighted by Gasteiger charge is 2.26. The van der Waals surface area contributed by atoms with E-state index in [2.05, 4.69) is 20.0 Å².